The fourth-order valence-electron chi connectivity index (χ4n) is 6.78. The molecule has 2 aliphatic rings. The predicted octanol–water partition coefficient (Wildman–Crippen LogP) is 7.17. The van der Waals surface area contributed by atoms with Crippen molar-refractivity contribution in [2.75, 3.05) is 31.1 Å². The zero-order valence-corrected chi connectivity index (χ0v) is 30.2. The van der Waals surface area contributed by atoms with Crippen molar-refractivity contribution < 1.29 is 23.4 Å². The molecule has 4 aromatic rings. The summed E-state index contributed by atoms with van der Waals surface area (Å²) in [5.41, 5.74) is 2.03. The molecule has 0 unspecified atom stereocenters. The number of anilines is 1. The maximum absolute atomic E-state index is 13.5. The smallest absolute Gasteiger partial charge is 0.410 e. The summed E-state index contributed by atoms with van der Waals surface area (Å²) in [6.07, 6.45) is 8.54. The van der Waals surface area contributed by atoms with E-state index in [1.165, 1.54) is 18.5 Å². The van der Waals surface area contributed by atoms with Gasteiger partial charge >= 0.3 is 6.09 Å². The van der Waals surface area contributed by atoms with Crippen molar-refractivity contribution in [3.8, 4) is 0 Å². The Labute approximate surface area is 293 Å². The first-order chi connectivity index (χ1) is 22.8. The summed E-state index contributed by atoms with van der Waals surface area (Å²) in [6, 6.07) is 6.34. The molecule has 1 saturated heterocycles. The molecule has 4 heterocycles. The number of aromatic nitrogens is 5. The van der Waals surface area contributed by atoms with E-state index in [-0.39, 0.29) is 36.1 Å². The number of hydrogen-bond acceptors (Lipinski definition) is 8. The van der Waals surface area contributed by atoms with Crippen molar-refractivity contribution in [1.82, 2.24) is 29.6 Å². The first-order valence-corrected chi connectivity index (χ1v) is 17.4. The van der Waals surface area contributed by atoms with E-state index in [1.807, 2.05) is 53.2 Å². The van der Waals surface area contributed by atoms with Gasteiger partial charge in [-0.25, -0.2) is 19.2 Å². The minimum absolute atomic E-state index is 0.0399. The molecule has 2 fully saturated rings. The zero-order valence-electron chi connectivity index (χ0n) is 27.8. The fraction of sp³-hybridized carbons (Fsp3) is 0.529. The van der Waals surface area contributed by atoms with Crippen LogP contribution < -0.4 is 4.90 Å². The number of ether oxygens (including phenoxy) is 3. The van der Waals surface area contributed by atoms with E-state index in [2.05, 4.69) is 45.6 Å². The van der Waals surface area contributed by atoms with E-state index in [9.17, 15) is 9.18 Å². The van der Waals surface area contributed by atoms with Gasteiger partial charge in [-0.15, -0.1) is 0 Å². The predicted molar refractivity (Wildman–Crippen MR) is 185 cm³/mol. The van der Waals surface area contributed by atoms with Crippen molar-refractivity contribution in [1.29, 1.82) is 0 Å². The Bertz CT molecular complexity index is 1710. The van der Waals surface area contributed by atoms with Crippen LogP contribution in [0.2, 0.25) is 5.15 Å². The molecule has 1 aromatic carbocycles. The van der Waals surface area contributed by atoms with Gasteiger partial charge in [0.15, 0.2) is 5.79 Å². The summed E-state index contributed by atoms with van der Waals surface area (Å²) < 4.78 is 35.3. The summed E-state index contributed by atoms with van der Waals surface area (Å²) in [5.74, 6) is -0.906. The largest absolute Gasteiger partial charge is 0.444 e. The fourth-order valence-corrected chi connectivity index (χ4v) is 7.71. The lowest BCUT2D eigenvalue weighted by atomic mass is 10.0. The Hall–Kier alpha value is -3.26. The van der Waals surface area contributed by atoms with Gasteiger partial charge in [-0.2, -0.15) is 5.10 Å². The summed E-state index contributed by atoms with van der Waals surface area (Å²) in [4.78, 5) is 26.0. The van der Waals surface area contributed by atoms with E-state index >= 15 is 0 Å². The summed E-state index contributed by atoms with van der Waals surface area (Å²) >= 11 is 10.1. The number of rotatable bonds is 11. The normalized spacial score (nSPS) is 21.8. The maximum atomic E-state index is 13.5. The molecule has 0 spiro atoms. The number of hydrogen-bond donors (Lipinski definition) is 1. The van der Waals surface area contributed by atoms with Crippen LogP contribution in [-0.4, -0.2) is 85.5 Å². The third-order valence-corrected chi connectivity index (χ3v) is 9.71. The minimum Gasteiger partial charge on any atom is -0.444 e. The second-order valence-corrected chi connectivity index (χ2v) is 15.2. The van der Waals surface area contributed by atoms with Crippen LogP contribution in [0.3, 0.4) is 0 Å². The van der Waals surface area contributed by atoms with Gasteiger partial charge in [0.05, 0.1) is 29.4 Å². The molecular weight excluding hydrogens is 705 g/mol. The lowest BCUT2D eigenvalue weighted by Gasteiger charge is -2.31. The van der Waals surface area contributed by atoms with Crippen molar-refractivity contribution in [3.05, 3.63) is 70.2 Å². The highest BCUT2D eigenvalue weighted by Gasteiger charge is 2.55. The Morgan fingerprint density at radius 3 is 2.62 bits per heavy atom. The van der Waals surface area contributed by atoms with Gasteiger partial charge in [0.25, 0.3) is 0 Å². The number of carbonyl (C=O) groups excluding carboxylic acids is 1. The molecule has 3 aromatic heterocycles. The Balaban J connectivity index is 1.19. The lowest BCUT2D eigenvalue weighted by molar-refractivity contribution is -0.159. The zero-order chi connectivity index (χ0) is 34.2. The number of carbonyl (C=O) groups is 1. The molecule has 4 atom stereocenters. The standard InChI is InChI=1S/C34H42BrClFN7O4/c1-33(2,3)48-32(45)42(14-11-21-7-9-23(37)10-8-21)12-6-13-43(24-16-40-41-17-24)18-22-15-26(29-28(22)46-34(4,5)47-29)44-19-25(35)27-30(36)38-20-39-31(27)44/h7-10,16-17,19-20,22,26,28-29H,6,11-15,18H2,1-5H3,(H,40,41)/t22-,26-,28-,29+/m1/s1. The molecule has 1 aliphatic heterocycles. The van der Waals surface area contributed by atoms with Crippen molar-refractivity contribution in [3.63, 3.8) is 0 Å². The number of fused-ring (bicyclic) bond motifs is 2. The highest BCUT2D eigenvalue weighted by atomic mass is 79.9. The average molecular weight is 747 g/mol. The second-order valence-electron chi connectivity index (χ2n) is 14.0. The van der Waals surface area contributed by atoms with E-state index in [1.54, 1.807) is 17.0 Å². The van der Waals surface area contributed by atoms with Crippen LogP contribution in [0.25, 0.3) is 11.0 Å². The van der Waals surface area contributed by atoms with Gasteiger partial charge in [-0.05, 0) is 87.5 Å². The third-order valence-electron chi connectivity index (χ3n) is 8.82. The van der Waals surface area contributed by atoms with Crippen LogP contribution >= 0.6 is 27.5 Å². The quantitative estimate of drug-likeness (QED) is 0.161. The minimum atomic E-state index is -0.738. The molecule has 14 heteroatoms. The van der Waals surface area contributed by atoms with Crippen molar-refractivity contribution >= 4 is 50.3 Å². The van der Waals surface area contributed by atoms with Gasteiger partial charge in [-0.3, -0.25) is 5.10 Å². The molecule has 258 valence electrons. The first-order valence-electron chi connectivity index (χ1n) is 16.3. The number of nitrogens with one attached hydrogen (secondary N) is 1. The molecule has 1 N–H and O–H groups in total. The van der Waals surface area contributed by atoms with Crippen LogP contribution in [0.5, 0.6) is 0 Å². The number of H-pyrrole nitrogens is 1. The SMILES string of the molecule is CC(C)(C)OC(=O)N(CCCN(C[C@H]1C[C@@H](n2cc(Br)c3c(Cl)ncnc32)[C@@H]2OC(C)(C)O[C@H]12)c1cn[nH]c1)CCc1ccc(F)cc1. The van der Waals surface area contributed by atoms with E-state index < -0.39 is 11.4 Å². The highest BCUT2D eigenvalue weighted by Crippen LogP contribution is 2.49. The lowest BCUT2D eigenvalue weighted by Crippen LogP contribution is -2.40. The van der Waals surface area contributed by atoms with Gasteiger partial charge in [-0.1, -0.05) is 23.7 Å². The van der Waals surface area contributed by atoms with Crippen LogP contribution in [0.15, 0.2) is 53.7 Å². The van der Waals surface area contributed by atoms with Gasteiger partial charge < -0.3 is 28.6 Å². The topological polar surface area (TPSA) is 111 Å². The summed E-state index contributed by atoms with van der Waals surface area (Å²) in [5, 5.41) is 8.34. The molecule has 0 radical (unpaired) electrons. The maximum Gasteiger partial charge on any atom is 0.410 e. The molecule has 11 nitrogen and oxygen atoms in total. The molecule has 1 saturated carbocycles. The van der Waals surface area contributed by atoms with Crippen LogP contribution in [-0.2, 0) is 20.6 Å². The highest BCUT2D eigenvalue weighted by molar-refractivity contribution is 9.10. The van der Waals surface area contributed by atoms with E-state index in [0.717, 1.165) is 33.2 Å². The number of halogens is 3. The molecular formula is C34H42BrClFN7O4. The third kappa shape index (κ3) is 7.79. The van der Waals surface area contributed by atoms with Gasteiger partial charge in [0, 0.05) is 49.0 Å². The number of aromatic amines is 1. The van der Waals surface area contributed by atoms with Crippen LogP contribution in [0.4, 0.5) is 14.9 Å². The van der Waals surface area contributed by atoms with E-state index in [4.69, 9.17) is 25.8 Å². The number of amides is 1. The Morgan fingerprint density at radius 1 is 1.17 bits per heavy atom. The first kappa shape index (κ1) is 34.6. The van der Waals surface area contributed by atoms with E-state index in [0.29, 0.717) is 44.2 Å². The van der Waals surface area contributed by atoms with Crippen LogP contribution in [0, 0.1) is 11.7 Å². The monoisotopic (exact) mass is 745 g/mol. The van der Waals surface area contributed by atoms with Crippen molar-refractivity contribution in [2.45, 2.75) is 83.5 Å². The number of benzene rings is 1. The molecule has 1 aliphatic carbocycles. The van der Waals surface area contributed by atoms with Gasteiger partial charge in [0.2, 0.25) is 0 Å². The molecule has 6 rings (SSSR count). The Kier molecular flexibility index (Phi) is 10.0. The Morgan fingerprint density at radius 2 is 1.92 bits per heavy atom. The van der Waals surface area contributed by atoms with Crippen LogP contribution in [0.1, 0.15) is 59.1 Å². The second kappa shape index (κ2) is 13.9. The molecule has 48 heavy (non-hydrogen) atoms. The summed E-state index contributed by atoms with van der Waals surface area (Å²) in [6.45, 7) is 11.8. The average Bonchev–Trinajstić information content (AvgIpc) is 3.79. The number of nitrogens with zero attached hydrogens (tertiary/aromatic N) is 6. The molecule has 0 bridgehead atoms. The van der Waals surface area contributed by atoms with Gasteiger partial charge in [0.1, 0.15) is 34.6 Å². The van der Waals surface area contributed by atoms with Crippen molar-refractivity contribution in [2.24, 2.45) is 5.92 Å². The molecule has 1 amide bonds. The summed E-state index contributed by atoms with van der Waals surface area (Å²) in [7, 11) is 0.